The van der Waals surface area contributed by atoms with Crippen molar-refractivity contribution in [3.63, 3.8) is 0 Å². The summed E-state index contributed by atoms with van der Waals surface area (Å²) < 4.78 is 42.1. The molecule has 2 unspecified atom stereocenters. The van der Waals surface area contributed by atoms with Crippen molar-refractivity contribution >= 4 is 36.5 Å². The highest BCUT2D eigenvalue weighted by Crippen LogP contribution is 2.48. The van der Waals surface area contributed by atoms with Gasteiger partial charge in [-0.05, 0) is 30.4 Å². The maximum Gasteiger partial charge on any atom is 0.356 e. The van der Waals surface area contributed by atoms with E-state index >= 15 is 0 Å². The molecule has 2 aromatic heterocycles. The van der Waals surface area contributed by atoms with Gasteiger partial charge in [-0.3, -0.25) is 14.2 Å². The van der Waals surface area contributed by atoms with Gasteiger partial charge >= 0.3 is 19.5 Å². The summed E-state index contributed by atoms with van der Waals surface area (Å²) in [5, 5.41) is 0. The monoisotopic (exact) mass is 620 g/mol. The molecule has 236 valence electrons. The molecule has 0 saturated carbocycles. The molecule has 0 fully saturated rings. The number of aromatic nitrogens is 4. The Balaban J connectivity index is 1.48. The van der Waals surface area contributed by atoms with Gasteiger partial charge in [0.05, 0.1) is 45.2 Å². The highest BCUT2D eigenvalue weighted by atomic mass is 31.2. The van der Waals surface area contributed by atoms with E-state index in [0.29, 0.717) is 23.6 Å². The number of nitrogen functional groups attached to an aromatic ring is 1. The minimum absolute atomic E-state index is 0.0233. The minimum atomic E-state index is -3.76. The molecule has 43 heavy (non-hydrogen) atoms. The van der Waals surface area contributed by atoms with Crippen molar-refractivity contribution in [1.29, 1.82) is 0 Å². The molecular formula is C28H41N6O8P. The molecule has 3 rings (SSSR count). The van der Waals surface area contributed by atoms with Crippen LogP contribution in [0.2, 0.25) is 0 Å². The first-order valence-corrected chi connectivity index (χ1v) is 15.8. The van der Waals surface area contributed by atoms with Gasteiger partial charge in [0.1, 0.15) is 24.8 Å². The third-order valence-electron chi connectivity index (χ3n) is 6.25. The molecule has 14 nitrogen and oxygen atoms in total. The molecule has 2 atom stereocenters. The number of carbonyl (C=O) groups is 2. The number of rotatable bonds is 19. The van der Waals surface area contributed by atoms with E-state index in [1.165, 1.54) is 11.9 Å². The zero-order chi connectivity index (χ0) is 31.2. The van der Waals surface area contributed by atoms with Crippen LogP contribution in [-0.2, 0) is 50.4 Å². The number of benzene rings is 1. The molecule has 3 aromatic rings. The number of imidazole rings is 1. The van der Waals surface area contributed by atoms with Crippen LogP contribution in [0, 0.1) is 5.92 Å². The topological polar surface area (TPSA) is 193 Å². The number of ether oxygens (including phenoxy) is 3. The van der Waals surface area contributed by atoms with Crippen molar-refractivity contribution in [3.8, 4) is 0 Å². The average molecular weight is 621 g/mol. The smallest absolute Gasteiger partial charge is 0.356 e. The Kier molecular flexibility index (Phi) is 13.5. The Morgan fingerprint density at radius 2 is 1.70 bits per heavy atom. The van der Waals surface area contributed by atoms with E-state index in [1.807, 2.05) is 24.3 Å². The molecule has 0 aliphatic heterocycles. The lowest BCUT2D eigenvalue weighted by molar-refractivity contribution is -0.146. The third kappa shape index (κ3) is 11.0. The van der Waals surface area contributed by atoms with Crippen molar-refractivity contribution < 1.29 is 37.4 Å². The second-order valence-corrected chi connectivity index (χ2v) is 12.2. The van der Waals surface area contributed by atoms with E-state index in [1.54, 1.807) is 17.8 Å². The average Bonchev–Trinajstić information content (AvgIpc) is 3.41. The fourth-order valence-corrected chi connectivity index (χ4v) is 5.35. The van der Waals surface area contributed by atoms with Crippen molar-refractivity contribution in [1.82, 2.24) is 19.5 Å². The largest absolute Gasteiger partial charge is 0.465 e. The Hall–Kier alpha value is -3.42. The first-order valence-electron chi connectivity index (χ1n) is 14.1. The van der Waals surface area contributed by atoms with Crippen LogP contribution in [0.15, 0.2) is 36.9 Å². The van der Waals surface area contributed by atoms with Crippen molar-refractivity contribution in [3.05, 3.63) is 48.0 Å². The zero-order valence-corrected chi connectivity index (χ0v) is 25.7. The van der Waals surface area contributed by atoms with Gasteiger partial charge in [0.15, 0.2) is 11.5 Å². The summed E-state index contributed by atoms with van der Waals surface area (Å²) in [5.74, 6) is -0.645. The van der Waals surface area contributed by atoms with Crippen LogP contribution in [-0.4, -0.2) is 77.4 Å². The number of hydrogen-bond acceptors (Lipinski definition) is 13. The molecule has 0 saturated heterocycles. The summed E-state index contributed by atoms with van der Waals surface area (Å²) in [4.78, 5) is 36.1. The number of fused-ring (bicyclic) bond motifs is 1. The highest BCUT2D eigenvalue weighted by Gasteiger charge is 2.26. The maximum absolute atomic E-state index is 13.4. The maximum atomic E-state index is 13.4. The molecule has 0 bridgehead atoms. The normalized spacial score (nSPS) is 13.6. The molecule has 0 aliphatic rings. The van der Waals surface area contributed by atoms with Crippen LogP contribution in [0.25, 0.3) is 11.2 Å². The van der Waals surface area contributed by atoms with Gasteiger partial charge in [0.2, 0.25) is 0 Å². The van der Waals surface area contributed by atoms with Gasteiger partial charge in [-0.1, -0.05) is 38.1 Å². The van der Waals surface area contributed by atoms with Crippen molar-refractivity contribution in [2.45, 2.75) is 46.1 Å². The van der Waals surface area contributed by atoms with Crippen LogP contribution in [0.1, 0.15) is 44.2 Å². The molecule has 0 aliphatic carbocycles. The standard InChI is InChI=1S/C28H41N6O8P/c1-20(2)15-22-5-7-23(8-6-22)21(3)28(36)40-13-14-42-43(37,41-11-4-10-39-24(35)16-29)19-38-12-9-34-18-33-25-26(30)31-17-32-27(25)34/h5-8,17-18,20-21H,4,9-16,19,29H2,1-3H3,(H2,30,31,32). The summed E-state index contributed by atoms with van der Waals surface area (Å²) in [6, 6.07) is 7.90. The fourth-order valence-electron chi connectivity index (χ4n) is 4.01. The van der Waals surface area contributed by atoms with Crippen LogP contribution in [0.5, 0.6) is 0 Å². The quantitative estimate of drug-likeness (QED) is 0.113. The van der Waals surface area contributed by atoms with Gasteiger partial charge in [-0.2, -0.15) is 0 Å². The number of carbonyl (C=O) groups excluding carboxylic acids is 2. The molecule has 15 heteroatoms. The number of nitrogens with zero attached hydrogens (tertiary/aromatic N) is 4. The number of anilines is 1. The summed E-state index contributed by atoms with van der Waals surface area (Å²) in [6.07, 6.45) is 3.78. The number of esters is 2. The van der Waals surface area contributed by atoms with Gasteiger partial charge in [0, 0.05) is 13.0 Å². The Labute approximate surface area is 250 Å². The van der Waals surface area contributed by atoms with E-state index in [-0.39, 0.29) is 58.2 Å². The van der Waals surface area contributed by atoms with Gasteiger partial charge < -0.3 is 39.3 Å². The van der Waals surface area contributed by atoms with Crippen LogP contribution in [0.3, 0.4) is 0 Å². The number of nitrogens with two attached hydrogens (primary N) is 2. The summed E-state index contributed by atoms with van der Waals surface area (Å²) >= 11 is 0. The number of hydrogen-bond donors (Lipinski definition) is 2. The summed E-state index contributed by atoms with van der Waals surface area (Å²) in [7, 11) is -3.76. The third-order valence-corrected chi connectivity index (χ3v) is 7.91. The zero-order valence-electron chi connectivity index (χ0n) is 24.8. The van der Waals surface area contributed by atoms with E-state index in [0.717, 1.165) is 12.0 Å². The second-order valence-electron chi connectivity index (χ2n) is 10.2. The van der Waals surface area contributed by atoms with Crippen molar-refractivity contribution in [2.24, 2.45) is 11.7 Å². The predicted molar refractivity (Wildman–Crippen MR) is 159 cm³/mol. The van der Waals surface area contributed by atoms with Gasteiger partial charge in [-0.15, -0.1) is 0 Å². The van der Waals surface area contributed by atoms with E-state index in [9.17, 15) is 14.2 Å². The molecule has 0 amide bonds. The van der Waals surface area contributed by atoms with E-state index < -0.39 is 25.5 Å². The Morgan fingerprint density at radius 1 is 0.953 bits per heavy atom. The molecule has 4 N–H and O–H groups in total. The van der Waals surface area contributed by atoms with Gasteiger partial charge in [0.25, 0.3) is 0 Å². The van der Waals surface area contributed by atoms with Crippen LogP contribution < -0.4 is 11.5 Å². The first-order chi connectivity index (χ1) is 20.6. The predicted octanol–water partition coefficient (Wildman–Crippen LogP) is 3.05. The lowest BCUT2D eigenvalue weighted by atomic mass is 9.97. The summed E-state index contributed by atoms with van der Waals surface area (Å²) in [5.41, 5.74) is 14.1. The Bertz CT molecular complexity index is 1370. The second kappa shape index (κ2) is 17.0. The SMILES string of the molecule is CC(C)Cc1ccc(C(C)C(=O)OCCOP(=O)(COCCn2cnc3c(N)ncnc32)OCCCOC(=O)CN)cc1. The molecule has 0 spiro atoms. The van der Waals surface area contributed by atoms with E-state index in [2.05, 4.69) is 28.8 Å². The molecule has 0 radical (unpaired) electrons. The molecule has 1 aromatic carbocycles. The lowest BCUT2D eigenvalue weighted by Gasteiger charge is -2.19. The fraction of sp³-hybridized carbons (Fsp3) is 0.536. The van der Waals surface area contributed by atoms with Crippen LogP contribution >= 0.6 is 7.60 Å². The highest BCUT2D eigenvalue weighted by molar-refractivity contribution is 7.53. The summed E-state index contributed by atoms with van der Waals surface area (Å²) in [6.45, 7) is 6.05. The van der Waals surface area contributed by atoms with Crippen LogP contribution in [0.4, 0.5) is 5.82 Å². The first kappa shape index (κ1) is 34.1. The van der Waals surface area contributed by atoms with Crippen molar-refractivity contribution in [2.75, 3.05) is 51.7 Å². The molecular weight excluding hydrogens is 579 g/mol. The van der Waals surface area contributed by atoms with E-state index in [4.69, 9.17) is 34.7 Å². The molecule has 2 heterocycles. The lowest BCUT2D eigenvalue weighted by Crippen LogP contribution is -2.18. The minimum Gasteiger partial charge on any atom is -0.465 e. The van der Waals surface area contributed by atoms with Gasteiger partial charge in [-0.25, -0.2) is 15.0 Å². The Morgan fingerprint density at radius 3 is 2.42 bits per heavy atom.